The lowest BCUT2D eigenvalue weighted by molar-refractivity contribution is 0.103. The summed E-state index contributed by atoms with van der Waals surface area (Å²) in [5.74, 6) is -1.80. The van der Waals surface area contributed by atoms with Crippen molar-refractivity contribution in [3.05, 3.63) is 96.1 Å². The zero-order chi connectivity index (χ0) is 21.3. The van der Waals surface area contributed by atoms with Crippen molar-refractivity contribution in [3.63, 3.8) is 0 Å². The summed E-state index contributed by atoms with van der Waals surface area (Å²) in [7, 11) is 0. The van der Waals surface area contributed by atoms with Crippen LogP contribution in [0.4, 0.5) is 0 Å². The molecule has 4 aromatic rings. The van der Waals surface area contributed by atoms with Gasteiger partial charge in [-0.2, -0.15) is 0 Å². The molecule has 5 heteroatoms. The van der Waals surface area contributed by atoms with Gasteiger partial charge in [0, 0.05) is 23.3 Å². The fraction of sp³-hybridized carbons (Fsp3) is 0. The minimum absolute atomic E-state index is 0.0772. The molecule has 0 unspecified atom stereocenters. The molecule has 0 aromatic heterocycles. The Morgan fingerprint density at radius 2 is 0.867 bits per heavy atom. The Bertz CT molecular complexity index is 1130. The number of hydrogen-bond donors (Lipinski definition) is 4. The van der Waals surface area contributed by atoms with Gasteiger partial charge >= 0.3 is 0 Å². The molecule has 0 amide bonds. The highest BCUT2D eigenvalue weighted by Crippen LogP contribution is 2.39. The smallest absolute Gasteiger partial charge is 0.200 e. The number of carbonyl (C=O) groups is 1. The molecule has 4 aromatic carbocycles. The van der Waals surface area contributed by atoms with E-state index in [0.717, 1.165) is 12.1 Å². The summed E-state index contributed by atoms with van der Waals surface area (Å²) in [5.41, 5.74) is 1.93. The van der Waals surface area contributed by atoms with Crippen LogP contribution in [0.5, 0.6) is 23.0 Å². The second-order valence-corrected chi connectivity index (χ2v) is 6.83. The van der Waals surface area contributed by atoms with Crippen LogP contribution in [0.25, 0.3) is 22.3 Å². The molecule has 4 N–H and O–H groups in total. The molecule has 148 valence electrons. The molecule has 0 aliphatic heterocycles. The van der Waals surface area contributed by atoms with Crippen LogP contribution in [0.15, 0.2) is 84.9 Å². The highest BCUT2D eigenvalue weighted by atomic mass is 16.3. The highest BCUT2D eigenvalue weighted by Gasteiger charge is 2.22. The summed E-state index contributed by atoms with van der Waals surface area (Å²) in [6.45, 7) is 0. The summed E-state index contributed by atoms with van der Waals surface area (Å²) in [5, 5.41) is 41.1. The number of carbonyl (C=O) groups excluding carboxylic acids is 1. The number of phenolic OH excluding ortho intramolecular Hbond substituents is 4. The van der Waals surface area contributed by atoms with Crippen LogP contribution >= 0.6 is 0 Å². The summed E-state index contributed by atoms with van der Waals surface area (Å²) < 4.78 is 0. The monoisotopic (exact) mass is 398 g/mol. The number of aromatic hydroxyl groups is 4. The van der Waals surface area contributed by atoms with Crippen molar-refractivity contribution in [2.75, 3.05) is 0 Å². The van der Waals surface area contributed by atoms with E-state index >= 15 is 0 Å². The van der Waals surface area contributed by atoms with Gasteiger partial charge in [-0.05, 0) is 23.3 Å². The SMILES string of the molecule is O=C(c1cc(-c2ccccc2)c(O)cc1O)c1cc(-c2ccccc2)c(O)cc1O. The maximum absolute atomic E-state index is 13.2. The Balaban J connectivity index is 1.84. The minimum Gasteiger partial charge on any atom is -0.507 e. The van der Waals surface area contributed by atoms with Gasteiger partial charge in [-0.3, -0.25) is 4.79 Å². The lowest BCUT2D eigenvalue weighted by Crippen LogP contribution is -2.03. The molecule has 0 saturated heterocycles. The molecule has 0 fully saturated rings. The lowest BCUT2D eigenvalue weighted by Gasteiger charge is -2.13. The summed E-state index contributed by atoms with van der Waals surface area (Å²) in [6.07, 6.45) is 0. The van der Waals surface area contributed by atoms with Gasteiger partial charge in [0.05, 0.1) is 11.1 Å². The number of phenols is 4. The van der Waals surface area contributed by atoms with Gasteiger partial charge in [0.15, 0.2) is 0 Å². The van der Waals surface area contributed by atoms with E-state index in [2.05, 4.69) is 0 Å². The predicted molar refractivity (Wildman–Crippen MR) is 114 cm³/mol. The van der Waals surface area contributed by atoms with Crippen LogP contribution in [0.1, 0.15) is 15.9 Å². The second kappa shape index (κ2) is 7.64. The molecule has 0 radical (unpaired) electrons. The molecule has 30 heavy (non-hydrogen) atoms. The third kappa shape index (κ3) is 3.44. The number of ketones is 1. The normalized spacial score (nSPS) is 10.7. The van der Waals surface area contributed by atoms with Gasteiger partial charge < -0.3 is 20.4 Å². The molecule has 0 spiro atoms. The Labute approximate surface area is 172 Å². The Morgan fingerprint density at radius 1 is 0.500 bits per heavy atom. The maximum Gasteiger partial charge on any atom is 0.200 e. The largest absolute Gasteiger partial charge is 0.507 e. The Morgan fingerprint density at radius 3 is 1.23 bits per heavy atom. The zero-order valence-corrected chi connectivity index (χ0v) is 15.8. The molecule has 0 aliphatic rings. The molecular weight excluding hydrogens is 380 g/mol. The molecule has 4 rings (SSSR count). The molecule has 0 atom stereocenters. The van der Waals surface area contributed by atoms with Gasteiger partial charge in [0.25, 0.3) is 0 Å². The van der Waals surface area contributed by atoms with Gasteiger partial charge in [0.1, 0.15) is 23.0 Å². The van der Waals surface area contributed by atoms with Crippen molar-refractivity contribution in [2.45, 2.75) is 0 Å². The van der Waals surface area contributed by atoms with Gasteiger partial charge in [0.2, 0.25) is 5.78 Å². The van der Waals surface area contributed by atoms with E-state index in [-0.39, 0.29) is 22.6 Å². The van der Waals surface area contributed by atoms with Crippen LogP contribution in [-0.4, -0.2) is 26.2 Å². The number of hydrogen-bond acceptors (Lipinski definition) is 5. The highest BCUT2D eigenvalue weighted by molar-refractivity contribution is 6.13. The molecule has 0 bridgehead atoms. The average Bonchev–Trinajstić information content (AvgIpc) is 2.75. The van der Waals surface area contributed by atoms with Gasteiger partial charge in [-0.15, -0.1) is 0 Å². The second-order valence-electron chi connectivity index (χ2n) is 6.83. The van der Waals surface area contributed by atoms with Crippen molar-refractivity contribution < 1.29 is 25.2 Å². The van der Waals surface area contributed by atoms with Crippen LogP contribution in [0.2, 0.25) is 0 Å². The van der Waals surface area contributed by atoms with Crippen LogP contribution in [0, 0.1) is 0 Å². The van der Waals surface area contributed by atoms with E-state index in [0.29, 0.717) is 22.3 Å². The summed E-state index contributed by atoms with van der Waals surface area (Å²) in [4.78, 5) is 13.2. The molecule has 0 saturated carbocycles. The van der Waals surface area contributed by atoms with Crippen LogP contribution in [0.3, 0.4) is 0 Å². The standard InChI is InChI=1S/C25H18O5/c26-21-13-23(28)19(11-17(21)15-7-3-1-4-8-15)25(30)20-12-18(22(27)14-24(20)29)16-9-5-2-6-10-16/h1-14,26-29H. The van der Waals surface area contributed by atoms with E-state index in [9.17, 15) is 25.2 Å². The molecule has 5 nitrogen and oxygen atoms in total. The molecule has 0 aliphatic carbocycles. The Hall–Kier alpha value is -4.25. The third-order valence-electron chi connectivity index (χ3n) is 4.89. The fourth-order valence-corrected chi connectivity index (χ4v) is 3.36. The van der Waals surface area contributed by atoms with Crippen molar-refractivity contribution in [1.29, 1.82) is 0 Å². The zero-order valence-electron chi connectivity index (χ0n) is 15.8. The summed E-state index contributed by atoms with van der Waals surface area (Å²) in [6, 6.07) is 22.9. The quantitative estimate of drug-likeness (QED) is 0.360. The van der Waals surface area contributed by atoms with Crippen molar-refractivity contribution in [2.24, 2.45) is 0 Å². The first-order chi connectivity index (χ1) is 14.5. The fourth-order valence-electron chi connectivity index (χ4n) is 3.36. The van der Waals surface area contributed by atoms with Crippen molar-refractivity contribution >= 4 is 5.78 Å². The maximum atomic E-state index is 13.2. The number of rotatable bonds is 4. The van der Waals surface area contributed by atoms with E-state index in [1.165, 1.54) is 12.1 Å². The van der Waals surface area contributed by atoms with Crippen molar-refractivity contribution in [1.82, 2.24) is 0 Å². The Kier molecular flexibility index (Phi) is 4.86. The lowest BCUT2D eigenvalue weighted by atomic mass is 9.93. The minimum atomic E-state index is -0.639. The molecule has 0 heterocycles. The molecular formula is C25H18O5. The predicted octanol–water partition coefficient (Wildman–Crippen LogP) is 5.07. The van der Waals surface area contributed by atoms with Crippen LogP contribution in [-0.2, 0) is 0 Å². The van der Waals surface area contributed by atoms with Gasteiger partial charge in [-0.1, -0.05) is 60.7 Å². The van der Waals surface area contributed by atoms with E-state index in [1.54, 1.807) is 48.5 Å². The third-order valence-corrected chi connectivity index (χ3v) is 4.89. The van der Waals surface area contributed by atoms with E-state index in [4.69, 9.17) is 0 Å². The first-order valence-corrected chi connectivity index (χ1v) is 9.23. The van der Waals surface area contributed by atoms with E-state index < -0.39 is 17.3 Å². The van der Waals surface area contributed by atoms with E-state index in [1.807, 2.05) is 12.1 Å². The first-order valence-electron chi connectivity index (χ1n) is 9.23. The first kappa shape index (κ1) is 19.1. The summed E-state index contributed by atoms with van der Waals surface area (Å²) >= 11 is 0. The topological polar surface area (TPSA) is 98.0 Å². The van der Waals surface area contributed by atoms with Crippen LogP contribution < -0.4 is 0 Å². The van der Waals surface area contributed by atoms with Gasteiger partial charge in [-0.25, -0.2) is 0 Å². The number of benzene rings is 4. The van der Waals surface area contributed by atoms with Crippen molar-refractivity contribution in [3.8, 4) is 45.3 Å². The average molecular weight is 398 g/mol.